The second-order valence-electron chi connectivity index (χ2n) is 4.95. The Kier molecular flexibility index (Phi) is 5.65. The van der Waals surface area contributed by atoms with E-state index in [1.165, 1.54) is 11.8 Å². The minimum absolute atomic E-state index is 0.145. The highest BCUT2D eigenvalue weighted by molar-refractivity contribution is 9.10. The minimum atomic E-state index is -0.145. The van der Waals surface area contributed by atoms with Crippen LogP contribution in [0.3, 0.4) is 0 Å². The minimum Gasteiger partial charge on any atom is -0.346 e. The second kappa shape index (κ2) is 7.92. The van der Waals surface area contributed by atoms with Gasteiger partial charge in [-0.25, -0.2) is 9.97 Å². The van der Waals surface area contributed by atoms with Crippen molar-refractivity contribution in [2.24, 2.45) is 0 Å². The first-order valence-corrected chi connectivity index (χ1v) is 9.68. The summed E-state index contributed by atoms with van der Waals surface area (Å²) in [6.07, 6.45) is 1.70. The van der Waals surface area contributed by atoms with Crippen LogP contribution in [0.2, 0.25) is 0 Å². The summed E-state index contributed by atoms with van der Waals surface area (Å²) in [5.74, 6) is -0.145. The fourth-order valence-corrected chi connectivity index (χ4v) is 3.77. The van der Waals surface area contributed by atoms with Crippen LogP contribution < -0.4 is 5.32 Å². The molecule has 0 fully saturated rings. The summed E-state index contributed by atoms with van der Waals surface area (Å²) in [4.78, 5) is 22.2. The third kappa shape index (κ3) is 4.43. The molecule has 0 saturated heterocycles. The second-order valence-corrected chi connectivity index (χ2v) is 7.99. The predicted molar refractivity (Wildman–Crippen MR) is 101 cm³/mol. The van der Waals surface area contributed by atoms with Crippen LogP contribution in [0, 0.1) is 6.92 Å². The molecule has 2 heterocycles. The number of amides is 1. The molecule has 1 amide bonds. The normalized spacial score (nSPS) is 10.6. The molecule has 0 saturated carbocycles. The molecule has 0 aliphatic rings. The van der Waals surface area contributed by atoms with E-state index in [9.17, 15) is 4.79 Å². The Morgan fingerprint density at radius 1 is 1.29 bits per heavy atom. The molecule has 0 aliphatic heterocycles. The highest BCUT2D eigenvalue weighted by Gasteiger charge is 2.13. The number of hydrogen-bond donors (Lipinski definition) is 1. The van der Waals surface area contributed by atoms with Crippen LogP contribution >= 0.6 is 39.0 Å². The maximum atomic E-state index is 12.5. The standard InChI is InChI=1S/C17H14BrN3OS2/c1-11-21-13(10-23-11)9-20-16(22)15-3-2-8-19-17(15)24-14-6-4-12(18)5-7-14/h2-8,10H,9H2,1H3,(H,20,22). The van der Waals surface area contributed by atoms with Gasteiger partial charge in [0, 0.05) is 20.9 Å². The molecule has 2 aromatic heterocycles. The Bertz CT molecular complexity index is 849. The SMILES string of the molecule is Cc1nc(CNC(=O)c2cccnc2Sc2ccc(Br)cc2)cs1. The van der Waals surface area contributed by atoms with Crippen molar-refractivity contribution in [2.75, 3.05) is 0 Å². The van der Waals surface area contributed by atoms with Crippen LogP contribution in [0.4, 0.5) is 0 Å². The van der Waals surface area contributed by atoms with Crippen molar-refractivity contribution in [2.45, 2.75) is 23.4 Å². The van der Waals surface area contributed by atoms with Crippen molar-refractivity contribution in [3.8, 4) is 0 Å². The third-order valence-corrected chi connectivity index (χ3v) is 5.52. The maximum Gasteiger partial charge on any atom is 0.254 e. The molecule has 3 rings (SSSR count). The molecule has 24 heavy (non-hydrogen) atoms. The van der Waals surface area contributed by atoms with Gasteiger partial charge in [-0.15, -0.1) is 11.3 Å². The lowest BCUT2D eigenvalue weighted by Gasteiger charge is -2.08. The molecule has 0 atom stereocenters. The number of carbonyl (C=O) groups excluding carboxylic acids is 1. The molecule has 0 bridgehead atoms. The molecular formula is C17H14BrN3OS2. The fraction of sp³-hybridized carbons (Fsp3) is 0.118. The molecule has 0 unspecified atom stereocenters. The van der Waals surface area contributed by atoms with Gasteiger partial charge in [0.1, 0.15) is 5.03 Å². The van der Waals surface area contributed by atoms with E-state index in [0.29, 0.717) is 17.1 Å². The van der Waals surface area contributed by atoms with Crippen LogP contribution in [-0.2, 0) is 6.54 Å². The molecule has 0 aliphatic carbocycles. The Labute approximate surface area is 156 Å². The number of thiazole rings is 1. The van der Waals surface area contributed by atoms with Crippen molar-refractivity contribution in [3.05, 3.63) is 68.7 Å². The van der Waals surface area contributed by atoms with Crippen LogP contribution in [0.1, 0.15) is 21.1 Å². The average molecular weight is 420 g/mol. The highest BCUT2D eigenvalue weighted by Crippen LogP contribution is 2.29. The zero-order valence-corrected chi connectivity index (χ0v) is 16.0. The van der Waals surface area contributed by atoms with Crippen LogP contribution in [-0.4, -0.2) is 15.9 Å². The van der Waals surface area contributed by atoms with Gasteiger partial charge in [0.15, 0.2) is 0 Å². The maximum absolute atomic E-state index is 12.5. The van der Waals surface area contributed by atoms with Gasteiger partial charge in [-0.2, -0.15) is 0 Å². The Balaban J connectivity index is 1.73. The van der Waals surface area contributed by atoms with Gasteiger partial charge < -0.3 is 5.32 Å². The number of nitrogens with one attached hydrogen (secondary N) is 1. The number of rotatable bonds is 5. The van der Waals surface area contributed by atoms with Crippen molar-refractivity contribution in [1.82, 2.24) is 15.3 Å². The summed E-state index contributed by atoms with van der Waals surface area (Å²) >= 11 is 6.46. The van der Waals surface area contributed by atoms with Gasteiger partial charge in [0.2, 0.25) is 0 Å². The molecule has 3 aromatic rings. The van der Waals surface area contributed by atoms with E-state index >= 15 is 0 Å². The largest absolute Gasteiger partial charge is 0.346 e. The molecular weight excluding hydrogens is 406 g/mol. The number of pyridine rings is 1. The van der Waals surface area contributed by atoms with Gasteiger partial charge in [0.05, 0.1) is 22.8 Å². The molecule has 4 nitrogen and oxygen atoms in total. The van der Waals surface area contributed by atoms with Crippen molar-refractivity contribution in [3.63, 3.8) is 0 Å². The van der Waals surface area contributed by atoms with Crippen molar-refractivity contribution >= 4 is 44.9 Å². The van der Waals surface area contributed by atoms with E-state index in [-0.39, 0.29) is 5.91 Å². The predicted octanol–water partition coefficient (Wildman–Crippen LogP) is 4.69. The monoisotopic (exact) mass is 419 g/mol. The van der Waals surface area contributed by atoms with Crippen molar-refractivity contribution in [1.29, 1.82) is 0 Å². The zero-order valence-electron chi connectivity index (χ0n) is 12.8. The summed E-state index contributed by atoms with van der Waals surface area (Å²) in [5.41, 5.74) is 1.44. The lowest BCUT2D eigenvalue weighted by molar-refractivity contribution is 0.0947. The highest BCUT2D eigenvalue weighted by atomic mass is 79.9. The van der Waals surface area contributed by atoms with Gasteiger partial charge in [-0.3, -0.25) is 4.79 Å². The lowest BCUT2D eigenvalue weighted by atomic mass is 10.2. The van der Waals surface area contributed by atoms with Crippen LogP contribution in [0.25, 0.3) is 0 Å². The van der Waals surface area contributed by atoms with Crippen molar-refractivity contribution < 1.29 is 4.79 Å². The Morgan fingerprint density at radius 3 is 2.79 bits per heavy atom. The molecule has 122 valence electrons. The van der Waals surface area contributed by atoms with Gasteiger partial charge in [-0.05, 0) is 43.3 Å². The third-order valence-electron chi connectivity index (χ3n) is 3.14. The summed E-state index contributed by atoms with van der Waals surface area (Å²) in [7, 11) is 0. The van der Waals surface area contributed by atoms with Crippen LogP contribution in [0.5, 0.6) is 0 Å². The van der Waals surface area contributed by atoms with E-state index < -0.39 is 0 Å². The first-order chi connectivity index (χ1) is 11.6. The Hall–Kier alpha value is -1.70. The Morgan fingerprint density at radius 2 is 2.08 bits per heavy atom. The number of carbonyl (C=O) groups is 1. The number of hydrogen-bond acceptors (Lipinski definition) is 5. The van der Waals surface area contributed by atoms with E-state index in [2.05, 4.69) is 31.2 Å². The first kappa shape index (κ1) is 17.1. The van der Waals surface area contributed by atoms with Gasteiger partial charge in [0.25, 0.3) is 5.91 Å². The lowest BCUT2D eigenvalue weighted by Crippen LogP contribution is -2.23. The van der Waals surface area contributed by atoms with Gasteiger partial charge >= 0.3 is 0 Å². The number of nitrogens with zero attached hydrogens (tertiary/aromatic N) is 2. The smallest absolute Gasteiger partial charge is 0.254 e. The molecule has 1 aromatic carbocycles. The van der Waals surface area contributed by atoms with Crippen LogP contribution in [0.15, 0.2) is 62.4 Å². The molecule has 0 spiro atoms. The number of halogens is 1. The van der Waals surface area contributed by atoms with E-state index in [1.807, 2.05) is 36.6 Å². The summed E-state index contributed by atoms with van der Waals surface area (Å²) < 4.78 is 1.02. The first-order valence-electron chi connectivity index (χ1n) is 7.19. The topological polar surface area (TPSA) is 54.9 Å². The van der Waals surface area contributed by atoms with E-state index in [0.717, 1.165) is 20.1 Å². The van der Waals surface area contributed by atoms with E-state index in [4.69, 9.17) is 0 Å². The fourth-order valence-electron chi connectivity index (χ4n) is 2.01. The van der Waals surface area contributed by atoms with E-state index in [1.54, 1.807) is 29.7 Å². The quantitative estimate of drug-likeness (QED) is 0.651. The summed E-state index contributed by atoms with van der Waals surface area (Å²) in [6, 6.07) is 11.5. The zero-order chi connectivity index (χ0) is 16.9. The number of benzene rings is 1. The number of aryl methyl sites for hydroxylation is 1. The molecule has 1 N–H and O–H groups in total. The number of aromatic nitrogens is 2. The molecule has 7 heteroatoms. The summed E-state index contributed by atoms with van der Waals surface area (Å²) in [6.45, 7) is 2.37. The average Bonchev–Trinajstić information content (AvgIpc) is 3.01. The summed E-state index contributed by atoms with van der Waals surface area (Å²) in [5, 5.41) is 6.54. The molecule has 0 radical (unpaired) electrons. The van der Waals surface area contributed by atoms with Gasteiger partial charge in [-0.1, -0.05) is 27.7 Å².